The molecule has 2 saturated heterocycles. The van der Waals surface area contributed by atoms with Crippen LogP contribution in [0, 0.1) is 23.6 Å². The van der Waals surface area contributed by atoms with Crippen molar-refractivity contribution < 1.29 is 48.0 Å². The van der Waals surface area contributed by atoms with E-state index in [9.17, 15) is 33.5 Å². The molecule has 0 radical (unpaired) electrons. The van der Waals surface area contributed by atoms with Crippen LogP contribution < -0.4 is 14.4 Å². The van der Waals surface area contributed by atoms with Crippen LogP contribution in [0.3, 0.4) is 0 Å². The highest BCUT2D eigenvalue weighted by molar-refractivity contribution is 6.58. The quantitative estimate of drug-likeness (QED) is 0.241. The van der Waals surface area contributed by atoms with Gasteiger partial charge in [-0.2, -0.15) is 0 Å². The Kier molecular flexibility index (Phi) is 7.79. The van der Waals surface area contributed by atoms with E-state index in [2.05, 4.69) is 0 Å². The number of alkyl halides is 2. The number of nitrogens with zero attached hydrogens (tertiary/aromatic N) is 2. The summed E-state index contributed by atoms with van der Waals surface area (Å²) in [6, 6.07) is 7.56. The Hall–Kier alpha value is -4.16. The highest BCUT2D eigenvalue weighted by Crippen LogP contribution is 2.66. The van der Waals surface area contributed by atoms with E-state index in [4.69, 9.17) is 37.8 Å². The molecule has 4 amide bonds. The summed E-state index contributed by atoms with van der Waals surface area (Å²) < 4.78 is 24.6. The Morgan fingerprint density at radius 2 is 1.63 bits per heavy atom. The summed E-state index contributed by atoms with van der Waals surface area (Å²) in [4.78, 5) is 64.7. The van der Waals surface area contributed by atoms with Crippen LogP contribution in [0.15, 0.2) is 48.0 Å². The number of rotatable bonds is 8. The molecule has 6 rings (SSSR count). The van der Waals surface area contributed by atoms with Gasteiger partial charge in [-0.15, -0.1) is 23.2 Å². The van der Waals surface area contributed by atoms with Gasteiger partial charge in [0.2, 0.25) is 17.6 Å². The lowest BCUT2D eigenvalue weighted by Crippen LogP contribution is -2.60. The van der Waals surface area contributed by atoms with E-state index < -0.39 is 68.8 Å². The fraction of sp³-hybridized carbons (Fsp3) is 0.406. The molecule has 46 heavy (non-hydrogen) atoms. The number of phenolic OH excluding ortho intramolecular Hbond substituents is 1. The average Bonchev–Trinajstić information content (AvgIpc) is 3.35. The van der Waals surface area contributed by atoms with Gasteiger partial charge in [0.1, 0.15) is 5.82 Å². The number of phenols is 1. The second kappa shape index (κ2) is 11.3. The number of carbonyl (C=O) groups is 5. The summed E-state index contributed by atoms with van der Waals surface area (Å²) in [6.07, 6.45) is 1.41. The van der Waals surface area contributed by atoms with Gasteiger partial charge in [0.05, 0.1) is 31.7 Å². The van der Waals surface area contributed by atoms with Crippen LogP contribution in [-0.4, -0.2) is 75.2 Å². The summed E-state index contributed by atoms with van der Waals surface area (Å²) in [5.41, 5.74) is 0.827. The van der Waals surface area contributed by atoms with Gasteiger partial charge in [-0.3, -0.25) is 28.9 Å². The van der Waals surface area contributed by atoms with E-state index in [0.717, 1.165) is 21.9 Å². The van der Waals surface area contributed by atoms with E-state index in [-0.39, 0.29) is 60.7 Å². The summed E-state index contributed by atoms with van der Waals surface area (Å²) in [5, 5.41) is 19.7. The first-order valence-electron chi connectivity index (χ1n) is 14.5. The van der Waals surface area contributed by atoms with E-state index in [1.54, 1.807) is 6.08 Å². The number of fused-ring (bicyclic) bond motifs is 4. The molecule has 1 saturated carbocycles. The monoisotopic (exact) mass is 674 g/mol. The van der Waals surface area contributed by atoms with Crippen molar-refractivity contribution >= 4 is 58.5 Å². The third-order valence-corrected chi connectivity index (χ3v) is 11.0. The van der Waals surface area contributed by atoms with Gasteiger partial charge in [-0.25, -0.2) is 9.29 Å². The molecule has 242 valence electrons. The number of hydrogen-bond donors (Lipinski definition) is 2. The van der Waals surface area contributed by atoms with Crippen molar-refractivity contribution in [1.29, 1.82) is 0 Å². The second-order valence-corrected chi connectivity index (χ2v) is 13.1. The van der Waals surface area contributed by atoms with Crippen molar-refractivity contribution in [2.24, 2.45) is 17.8 Å². The van der Waals surface area contributed by atoms with Crippen molar-refractivity contribution in [3.63, 3.8) is 0 Å². The molecule has 11 nitrogen and oxygen atoms in total. The van der Waals surface area contributed by atoms with Gasteiger partial charge in [-0.1, -0.05) is 11.6 Å². The highest BCUT2D eigenvalue weighted by atomic mass is 35.5. The van der Waals surface area contributed by atoms with E-state index in [1.807, 2.05) is 0 Å². The zero-order valence-electron chi connectivity index (χ0n) is 24.7. The van der Waals surface area contributed by atoms with E-state index >= 15 is 0 Å². The fourth-order valence-electron chi connectivity index (χ4n) is 7.53. The van der Waals surface area contributed by atoms with Gasteiger partial charge in [-0.05, 0) is 67.1 Å². The number of benzene rings is 2. The number of carboxylic acid groups (broad SMARTS) is 1. The normalized spacial score (nSPS) is 30.2. The Bertz CT molecular complexity index is 1690. The number of aromatic hydroxyl groups is 1. The molecule has 0 unspecified atom stereocenters. The molecule has 14 heteroatoms. The Balaban J connectivity index is 1.52. The maximum absolute atomic E-state index is 14.4. The van der Waals surface area contributed by atoms with Crippen molar-refractivity contribution in [3.05, 3.63) is 59.4 Å². The number of likely N-dealkylation sites (tertiary alicyclic amines) is 1. The molecule has 2 aromatic rings. The first kappa shape index (κ1) is 31.8. The SMILES string of the molecule is COc1cc([C@H]2C3=CC[C@@H]4C(=O)N(CCCC(=O)O)C(=O)[C@@H]4[C@@H]3C[C@@]3(Cl)C(=O)N(c4ccc(F)cc4)C(=O)[C@@]23Cl)cc(OC)c1O. The molecule has 2 heterocycles. The number of methoxy groups -OCH3 is 2. The van der Waals surface area contributed by atoms with Gasteiger partial charge >= 0.3 is 5.97 Å². The number of aliphatic carboxylic acids is 1. The molecular formula is C32H29Cl2FN2O9. The maximum Gasteiger partial charge on any atom is 0.303 e. The molecule has 0 aromatic heterocycles. The summed E-state index contributed by atoms with van der Waals surface area (Å²) in [7, 11) is 2.63. The minimum Gasteiger partial charge on any atom is -0.502 e. The fourth-order valence-corrected chi connectivity index (χ4v) is 8.46. The van der Waals surface area contributed by atoms with E-state index in [0.29, 0.717) is 5.57 Å². The number of amides is 4. The molecule has 2 aliphatic carbocycles. The van der Waals surface area contributed by atoms with Gasteiger partial charge < -0.3 is 19.7 Å². The molecule has 0 spiro atoms. The summed E-state index contributed by atoms with van der Waals surface area (Å²) in [5.74, 6) is -8.50. The number of hydrogen-bond acceptors (Lipinski definition) is 8. The van der Waals surface area contributed by atoms with Crippen LogP contribution in [0.4, 0.5) is 10.1 Å². The van der Waals surface area contributed by atoms with Crippen LogP contribution in [0.2, 0.25) is 0 Å². The van der Waals surface area contributed by atoms with E-state index in [1.165, 1.54) is 38.5 Å². The zero-order valence-corrected chi connectivity index (χ0v) is 26.2. The molecule has 3 fully saturated rings. The molecular weight excluding hydrogens is 646 g/mol. The summed E-state index contributed by atoms with van der Waals surface area (Å²) >= 11 is 14.7. The maximum atomic E-state index is 14.4. The molecule has 4 aliphatic rings. The minimum atomic E-state index is -2.19. The third-order valence-electron chi connectivity index (χ3n) is 9.60. The van der Waals surface area contributed by atoms with Crippen molar-refractivity contribution in [2.75, 3.05) is 25.7 Å². The standard InChI is InChI=1S/C32H29Cl2FN2O9/c1-45-21-12-15(13-22(46-2)26(21)40)25-18-9-10-19-24(28(42)36(27(19)41)11-3-4-23(38)39)20(18)14-31(33)29(43)37(30(44)32(25,31)34)17-7-5-16(35)6-8-17/h5-9,12-13,19-20,24-25,40H,3-4,10-11,14H2,1-2H3,(H,38,39)/t19-,20+,24-,25-,31+,32-/m0/s1. The molecule has 2 aliphatic heterocycles. The number of anilines is 1. The lowest BCUT2D eigenvalue weighted by molar-refractivity contribution is -0.142. The second-order valence-electron chi connectivity index (χ2n) is 11.9. The number of allylic oxidation sites excluding steroid dienone is 2. The van der Waals surface area contributed by atoms with Gasteiger partial charge in [0.15, 0.2) is 21.2 Å². The van der Waals surface area contributed by atoms with Crippen LogP contribution >= 0.6 is 23.2 Å². The van der Waals surface area contributed by atoms with Crippen molar-refractivity contribution in [2.45, 2.75) is 41.3 Å². The smallest absolute Gasteiger partial charge is 0.303 e. The Labute approximate surface area is 272 Å². The van der Waals surface area contributed by atoms with Gasteiger partial charge in [0.25, 0.3) is 11.8 Å². The predicted molar refractivity (Wildman–Crippen MR) is 161 cm³/mol. The van der Waals surface area contributed by atoms with Crippen LogP contribution in [0.25, 0.3) is 0 Å². The van der Waals surface area contributed by atoms with Crippen LogP contribution in [0.1, 0.15) is 37.2 Å². The van der Waals surface area contributed by atoms with Crippen LogP contribution in [-0.2, 0) is 24.0 Å². The Morgan fingerprint density at radius 1 is 1.00 bits per heavy atom. The molecule has 0 bridgehead atoms. The first-order valence-corrected chi connectivity index (χ1v) is 15.3. The molecule has 2 N–H and O–H groups in total. The number of halogens is 3. The lowest BCUT2D eigenvalue weighted by Gasteiger charge is -2.50. The zero-order chi connectivity index (χ0) is 33.3. The topological polar surface area (TPSA) is 151 Å². The summed E-state index contributed by atoms with van der Waals surface area (Å²) in [6.45, 7) is -0.0873. The number of ether oxygens (including phenoxy) is 2. The Morgan fingerprint density at radius 3 is 2.22 bits per heavy atom. The minimum absolute atomic E-state index is 0.0184. The van der Waals surface area contributed by atoms with Crippen LogP contribution in [0.5, 0.6) is 17.2 Å². The highest BCUT2D eigenvalue weighted by Gasteiger charge is 2.76. The first-order chi connectivity index (χ1) is 21.8. The predicted octanol–water partition coefficient (Wildman–Crippen LogP) is 3.98. The molecule has 6 atom stereocenters. The largest absolute Gasteiger partial charge is 0.502 e. The third kappa shape index (κ3) is 4.40. The van der Waals surface area contributed by atoms with Gasteiger partial charge in [0, 0.05) is 18.9 Å². The number of imide groups is 2. The molecule has 2 aromatic carbocycles. The van der Waals surface area contributed by atoms with Crippen molar-refractivity contribution in [3.8, 4) is 17.2 Å². The average molecular weight is 675 g/mol. The number of carboxylic acids is 1. The number of carbonyl (C=O) groups excluding carboxylic acids is 4. The lowest BCUT2D eigenvalue weighted by atomic mass is 9.56. The van der Waals surface area contributed by atoms with Crippen molar-refractivity contribution in [1.82, 2.24) is 4.90 Å².